The molecule has 9 heteroatoms. The quantitative estimate of drug-likeness (QED) is 0.587. The Morgan fingerprint density at radius 2 is 2.10 bits per heavy atom. The van der Waals surface area contributed by atoms with Crippen molar-refractivity contribution in [3.05, 3.63) is 29.3 Å². The molecule has 0 radical (unpaired) electrons. The number of nitrogens with zero attached hydrogens (tertiary/aromatic N) is 2. The van der Waals surface area contributed by atoms with Crippen LogP contribution in [0.3, 0.4) is 0 Å². The Balaban J connectivity index is 1.24. The maximum atomic E-state index is 12.7. The van der Waals surface area contributed by atoms with E-state index in [1.54, 1.807) is 18.2 Å². The zero-order valence-electron chi connectivity index (χ0n) is 15.9. The Bertz CT molecular complexity index is 916. The number of anilines is 1. The number of hydrogen-bond acceptors (Lipinski definition) is 6. The number of amides is 4. The molecular formula is C20H23N5O4. The van der Waals surface area contributed by atoms with E-state index in [1.165, 1.54) is 4.90 Å². The highest BCUT2D eigenvalue weighted by atomic mass is 16.2. The second-order valence-corrected chi connectivity index (χ2v) is 8.24. The van der Waals surface area contributed by atoms with Gasteiger partial charge in [0, 0.05) is 49.4 Å². The average Bonchev–Trinajstić information content (AvgIpc) is 3.37. The molecule has 3 fully saturated rings. The molecule has 0 saturated carbocycles. The van der Waals surface area contributed by atoms with Crippen LogP contribution in [-0.4, -0.2) is 71.2 Å². The highest BCUT2D eigenvalue weighted by Crippen LogP contribution is 2.29. The lowest BCUT2D eigenvalue weighted by Crippen LogP contribution is -2.52. The lowest BCUT2D eigenvalue weighted by molar-refractivity contribution is -0.137. The van der Waals surface area contributed by atoms with Gasteiger partial charge in [-0.3, -0.25) is 29.4 Å². The van der Waals surface area contributed by atoms with E-state index in [4.69, 9.17) is 0 Å². The molecule has 5 rings (SSSR count). The standard InChI is InChI=1S/C20H23N5O4/c26-17-4-3-16(19(28)23-17)25-8-11-5-12(1-2-15(11)20(25)29)22-18(27)10-24-9-13-6-14(24)7-21-13/h1-2,5,13-14,16,21H,3-4,6-10H2,(H,22,27)(H,23,26,28)/t13-,14-,16?/m0/s1. The average molecular weight is 397 g/mol. The number of piperazine rings is 1. The third kappa shape index (κ3) is 3.30. The van der Waals surface area contributed by atoms with Gasteiger partial charge in [0.15, 0.2) is 0 Å². The Labute approximate surface area is 167 Å². The number of piperidine rings is 1. The van der Waals surface area contributed by atoms with Gasteiger partial charge < -0.3 is 15.5 Å². The molecule has 9 nitrogen and oxygen atoms in total. The first-order valence-electron chi connectivity index (χ1n) is 10.0. The van der Waals surface area contributed by atoms with Crippen molar-refractivity contribution >= 4 is 29.3 Å². The highest BCUT2D eigenvalue weighted by Gasteiger charge is 2.40. The van der Waals surface area contributed by atoms with Gasteiger partial charge in [0.2, 0.25) is 17.7 Å². The smallest absolute Gasteiger partial charge is 0.255 e. The van der Waals surface area contributed by atoms with Crippen LogP contribution in [0.4, 0.5) is 5.69 Å². The minimum absolute atomic E-state index is 0.0659. The third-order valence-corrected chi connectivity index (χ3v) is 6.32. The van der Waals surface area contributed by atoms with Gasteiger partial charge in [0.25, 0.3) is 5.91 Å². The number of fused-ring (bicyclic) bond motifs is 3. The van der Waals surface area contributed by atoms with Crippen LogP contribution in [-0.2, 0) is 20.9 Å². The van der Waals surface area contributed by atoms with Crippen LogP contribution < -0.4 is 16.0 Å². The van der Waals surface area contributed by atoms with E-state index in [9.17, 15) is 19.2 Å². The summed E-state index contributed by atoms with van der Waals surface area (Å²) in [4.78, 5) is 52.4. The summed E-state index contributed by atoms with van der Waals surface area (Å²) in [5.74, 6) is -1.01. The molecule has 0 aromatic heterocycles. The van der Waals surface area contributed by atoms with Gasteiger partial charge in [-0.1, -0.05) is 0 Å². The number of hydrogen-bond donors (Lipinski definition) is 3. The van der Waals surface area contributed by atoms with E-state index in [0.717, 1.165) is 25.1 Å². The minimum Gasteiger partial charge on any atom is -0.325 e. The number of rotatable bonds is 4. The Morgan fingerprint density at radius 1 is 1.24 bits per heavy atom. The maximum Gasteiger partial charge on any atom is 0.255 e. The van der Waals surface area contributed by atoms with Gasteiger partial charge in [-0.15, -0.1) is 0 Å². The summed E-state index contributed by atoms with van der Waals surface area (Å²) < 4.78 is 0. The molecule has 2 bridgehead atoms. The zero-order chi connectivity index (χ0) is 20.1. The zero-order valence-corrected chi connectivity index (χ0v) is 15.9. The summed E-state index contributed by atoms with van der Waals surface area (Å²) in [7, 11) is 0. The molecule has 0 spiro atoms. The Hall–Kier alpha value is -2.78. The minimum atomic E-state index is -0.634. The lowest BCUT2D eigenvalue weighted by Gasteiger charge is -2.29. The SMILES string of the molecule is O=C1CCC(N2Cc3cc(NC(=O)CN4C[C@@H]5C[C@H]4CN5)ccc3C2=O)C(=O)N1. The van der Waals surface area contributed by atoms with Gasteiger partial charge in [0.05, 0.1) is 6.54 Å². The molecule has 4 heterocycles. The molecule has 3 saturated heterocycles. The van der Waals surface area contributed by atoms with E-state index < -0.39 is 11.9 Å². The Morgan fingerprint density at radius 3 is 2.83 bits per heavy atom. The summed E-state index contributed by atoms with van der Waals surface area (Å²) in [6.07, 6.45) is 1.66. The van der Waals surface area contributed by atoms with Gasteiger partial charge in [-0.2, -0.15) is 0 Å². The molecular weight excluding hydrogens is 374 g/mol. The first-order chi connectivity index (χ1) is 14.0. The van der Waals surface area contributed by atoms with Crippen molar-refractivity contribution in [3.8, 4) is 0 Å². The molecule has 1 aromatic rings. The first kappa shape index (κ1) is 18.3. The maximum absolute atomic E-state index is 12.7. The van der Waals surface area contributed by atoms with Gasteiger partial charge >= 0.3 is 0 Å². The van der Waals surface area contributed by atoms with E-state index in [-0.39, 0.29) is 24.1 Å². The van der Waals surface area contributed by atoms with Gasteiger partial charge in [-0.05, 0) is 36.6 Å². The van der Waals surface area contributed by atoms with Crippen molar-refractivity contribution in [2.45, 2.75) is 43.9 Å². The predicted octanol–water partition coefficient (Wildman–Crippen LogP) is -0.568. The van der Waals surface area contributed by atoms with Crippen molar-refractivity contribution < 1.29 is 19.2 Å². The van der Waals surface area contributed by atoms with E-state index in [1.807, 2.05) is 0 Å². The molecule has 1 aromatic carbocycles. The summed E-state index contributed by atoms with van der Waals surface area (Å²) >= 11 is 0. The van der Waals surface area contributed by atoms with Crippen LogP contribution >= 0.6 is 0 Å². The predicted molar refractivity (Wildman–Crippen MR) is 103 cm³/mol. The molecule has 3 N–H and O–H groups in total. The largest absolute Gasteiger partial charge is 0.325 e. The van der Waals surface area contributed by atoms with Crippen molar-refractivity contribution in [2.75, 3.05) is 25.0 Å². The first-order valence-corrected chi connectivity index (χ1v) is 10.0. The number of imide groups is 1. The summed E-state index contributed by atoms with van der Waals surface area (Å²) in [5, 5.41) is 8.65. The van der Waals surface area contributed by atoms with Crippen LogP contribution in [0.2, 0.25) is 0 Å². The summed E-state index contributed by atoms with van der Waals surface area (Å²) in [6.45, 7) is 2.50. The lowest BCUT2D eigenvalue weighted by atomic mass is 10.0. The fourth-order valence-corrected chi connectivity index (χ4v) is 4.88. The van der Waals surface area contributed by atoms with Crippen molar-refractivity contribution in [1.82, 2.24) is 20.4 Å². The summed E-state index contributed by atoms with van der Waals surface area (Å²) in [6, 6.07) is 5.52. The molecule has 29 heavy (non-hydrogen) atoms. The number of carbonyl (C=O) groups excluding carboxylic acids is 4. The fourth-order valence-electron chi connectivity index (χ4n) is 4.88. The molecule has 0 aliphatic carbocycles. The van der Waals surface area contributed by atoms with Gasteiger partial charge in [0.1, 0.15) is 6.04 Å². The molecule has 4 amide bonds. The topological polar surface area (TPSA) is 111 Å². The molecule has 4 aliphatic heterocycles. The van der Waals surface area contributed by atoms with E-state index in [0.29, 0.717) is 42.8 Å². The fraction of sp³-hybridized carbons (Fsp3) is 0.500. The summed E-state index contributed by atoms with van der Waals surface area (Å²) in [5.41, 5.74) is 1.96. The number of likely N-dealkylation sites (tertiary alicyclic amines) is 1. The van der Waals surface area contributed by atoms with Crippen LogP contribution in [0.25, 0.3) is 0 Å². The number of nitrogens with one attached hydrogen (secondary N) is 3. The highest BCUT2D eigenvalue weighted by molar-refractivity contribution is 6.05. The van der Waals surface area contributed by atoms with E-state index >= 15 is 0 Å². The van der Waals surface area contributed by atoms with Gasteiger partial charge in [-0.25, -0.2) is 0 Å². The molecule has 152 valence electrons. The molecule has 1 unspecified atom stereocenters. The van der Waals surface area contributed by atoms with Crippen LogP contribution in [0, 0.1) is 0 Å². The van der Waals surface area contributed by atoms with Crippen molar-refractivity contribution in [3.63, 3.8) is 0 Å². The monoisotopic (exact) mass is 397 g/mol. The van der Waals surface area contributed by atoms with Crippen LogP contribution in [0.15, 0.2) is 18.2 Å². The van der Waals surface area contributed by atoms with E-state index in [2.05, 4.69) is 20.9 Å². The normalized spacial score (nSPS) is 28.6. The molecule has 3 atom stereocenters. The van der Waals surface area contributed by atoms with Crippen LogP contribution in [0.1, 0.15) is 35.2 Å². The van der Waals surface area contributed by atoms with Crippen molar-refractivity contribution in [1.29, 1.82) is 0 Å². The second-order valence-electron chi connectivity index (χ2n) is 8.24. The Kier molecular flexibility index (Phi) is 4.36. The molecule has 4 aliphatic rings. The number of carbonyl (C=O) groups is 4. The van der Waals surface area contributed by atoms with Crippen molar-refractivity contribution in [2.24, 2.45) is 0 Å². The van der Waals surface area contributed by atoms with Crippen LogP contribution in [0.5, 0.6) is 0 Å². The second kappa shape index (κ2) is 6.93. The number of benzene rings is 1. The third-order valence-electron chi connectivity index (χ3n) is 6.32.